The van der Waals surface area contributed by atoms with Crippen molar-refractivity contribution in [2.24, 2.45) is 4.99 Å². The zero-order valence-corrected chi connectivity index (χ0v) is 17.6. The van der Waals surface area contributed by atoms with Crippen LogP contribution in [0, 0.1) is 6.92 Å². The van der Waals surface area contributed by atoms with E-state index in [1.165, 1.54) is 11.1 Å². The summed E-state index contributed by atoms with van der Waals surface area (Å²) in [5, 5.41) is 6.85. The van der Waals surface area contributed by atoms with Crippen molar-refractivity contribution in [1.29, 1.82) is 0 Å². The molecule has 1 fully saturated rings. The molecule has 0 aromatic heterocycles. The van der Waals surface area contributed by atoms with E-state index in [1.54, 1.807) is 0 Å². The van der Waals surface area contributed by atoms with E-state index in [0.29, 0.717) is 0 Å². The molecule has 0 unspecified atom stereocenters. The lowest BCUT2D eigenvalue weighted by atomic mass is 10.0. The standard InChI is InChI=1S/C18H30N4O.HI/c1-15-7-5-6-8-16(15)13-20-17(19-4)21-14-18(2,3)22-9-11-23-12-10-22;/h5-8H,9-14H2,1-4H3,(H2,19,20,21);1H. The molecule has 136 valence electrons. The molecule has 0 aliphatic carbocycles. The van der Waals surface area contributed by atoms with Crippen LogP contribution in [0.15, 0.2) is 29.3 Å². The number of ether oxygens (including phenoxy) is 1. The van der Waals surface area contributed by atoms with Gasteiger partial charge in [-0.05, 0) is 31.9 Å². The first-order valence-corrected chi connectivity index (χ1v) is 8.35. The van der Waals surface area contributed by atoms with Gasteiger partial charge in [0.25, 0.3) is 0 Å². The van der Waals surface area contributed by atoms with Gasteiger partial charge in [0.05, 0.1) is 13.2 Å². The molecule has 2 rings (SSSR count). The third-order valence-corrected chi connectivity index (χ3v) is 4.49. The minimum Gasteiger partial charge on any atom is -0.379 e. The highest BCUT2D eigenvalue weighted by molar-refractivity contribution is 14.0. The fourth-order valence-electron chi connectivity index (χ4n) is 2.79. The molecule has 2 N–H and O–H groups in total. The Morgan fingerprint density at radius 2 is 1.88 bits per heavy atom. The first kappa shape index (κ1) is 21.2. The van der Waals surface area contributed by atoms with Gasteiger partial charge in [0.1, 0.15) is 0 Å². The molecule has 1 aromatic carbocycles. The highest BCUT2D eigenvalue weighted by Crippen LogP contribution is 2.15. The van der Waals surface area contributed by atoms with Crippen LogP contribution in [0.5, 0.6) is 0 Å². The number of hydrogen-bond acceptors (Lipinski definition) is 3. The summed E-state index contributed by atoms with van der Waals surface area (Å²) in [7, 11) is 1.81. The number of rotatable bonds is 5. The van der Waals surface area contributed by atoms with Gasteiger partial charge >= 0.3 is 0 Å². The molecular weight excluding hydrogens is 415 g/mol. The second-order valence-corrected chi connectivity index (χ2v) is 6.62. The lowest BCUT2D eigenvalue weighted by Gasteiger charge is -2.41. The van der Waals surface area contributed by atoms with Gasteiger partial charge in [-0.3, -0.25) is 9.89 Å². The lowest BCUT2D eigenvalue weighted by molar-refractivity contribution is -0.00834. The van der Waals surface area contributed by atoms with Crippen LogP contribution < -0.4 is 10.6 Å². The van der Waals surface area contributed by atoms with Crippen LogP contribution in [0.25, 0.3) is 0 Å². The van der Waals surface area contributed by atoms with Gasteiger partial charge in [-0.15, -0.1) is 24.0 Å². The summed E-state index contributed by atoms with van der Waals surface area (Å²) < 4.78 is 5.44. The van der Waals surface area contributed by atoms with Crippen LogP contribution in [0.3, 0.4) is 0 Å². The molecule has 0 bridgehead atoms. The Morgan fingerprint density at radius 3 is 2.50 bits per heavy atom. The fourth-order valence-corrected chi connectivity index (χ4v) is 2.79. The summed E-state index contributed by atoms with van der Waals surface area (Å²) in [6, 6.07) is 8.42. The number of aliphatic imine (C=N–C) groups is 1. The maximum Gasteiger partial charge on any atom is 0.191 e. The summed E-state index contributed by atoms with van der Waals surface area (Å²) in [5.74, 6) is 0.842. The number of halogens is 1. The molecule has 24 heavy (non-hydrogen) atoms. The van der Waals surface area contributed by atoms with Crippen LogP contribution in [-0.2, 0) is 11.3 Å². The van der Waals surface area contributed by atoms with Gasteiger partial charge in [0, 0.05) is 38.8 Å². The highest BCUT2D eigenvalue weighted by atomic mass is 127. The van der Waals surface area contributed by atoms with E-state index in [1.807, 2.05) is 7.05 Å². The third-order valence-electron chi connectivity index (χ3n) is 4.49. The molecule has 5 nitrogen and oxygen atoms in total. The monoisotopic (exact) mass is 446 g/mol. The number of nitrogens with one attached hydrogen (secondary N) is 2. The average Bonchev–Trinajstić information content (AvgIpc) is 2.57. The quantitative estimate of drug-likeness (QED) is 0.415. The number of morpholine rings is 1. The Hall–Kier alpha value is -0.860. The smallest absolute Gasteiger partial charge is 0.191 e. The number of benzene rings is 1. The van der Waals surface area contributed by atoms with Gasteiger partial charge in [0.15, 0.2) is 5.96 Å². The van der Waals surface area contributed by atoms with E-state index in [0.717, 1.165) is 45.4 Å². The van der Waals surface area contributed by atoms with Gasteiger partial charge in [0.2, 0.25) is 0 Å². The maximum atomic E-state index is 5.44. The molecule has 0 atom stereocenters. The maximum absolute atomic E-state index is 5.44. The molecule has 0 saturated carbocycles. The molecule has 1 aromatic rings. The minimum atomic E-state index is 0. The van der Waals surface area contributed by atoms with Crippen molar-refractivity contribution in [3.63, 3.8) is 0 Å². The van der Waals surface area contributed by atoms with Gasteiger partial charge in [-0.2, -0.15) is 0 Å². The average molecular weight is 446 g/mol. The Bertz CT molecular complexity index is 528. The molecule has 1 heterocycles. The zero-order chi connectivity index (χ0) is 16.7. The van der Waals surface area contributed by atoms with Crippen molar-refractivity contribution in [2.45, 2.75) is 32.9 Å². The van der Waals surface area contributed by atoms with Crippen LogP contribution in [0.1, 0.15) is 25.0 Å². The van der Waals surface area contributed by atoms with Crippen molar-refractivity contribution in [2.75, 3.05) is 39.9 Å². The molecule has 0 spiro atoms. The number of nitrogens with zero attached hydrogens (tertiary/aromatic N) is 2. The van der Waals surface area contributed by atoms with Crippen LogP contribution in [0.4, 0.5) is 0 Å². The van der Waals surface area contributed by atoms with Crippen molar-refractivity contribution in [1.82, 2.24) is 15.5 Å². The molecule has 0 radical (unpaired) electrons. The van der Waals surface area contributed by atoms with Gasteiger partial charge in [-0.1, -0.05) is 24.3 Å². The number of guanidine groups is 1. The second kappa shape index (κ2) is 10.2. The first-order chi connectivity index (χ1) is 11.0. The predicted octanol–water partition coefficient (Wildman–Crippen LogP) is 2.39. The van der Waals surface area contributed by atoms with Crippen LogP contribution >= 0.6 is 24.0 Å². The molecule has 1 aliphatic heterocycles. The van der Waals surface area contributed by atoms with Crippen molar-refractivity contribution >= 4 is 29.9 Å². The van der Waals surface area contributed by atoms with Crippen molar-refractivity contribution in [3.05, 3.63) is 35.4 Å². The lowest BCUT2D eigenvalue weighted by Crippen LogP contribution is -2.56. The van der Waals surface area contributed by atoms with Crippen molar-refractivity contribution in [3.8, 4) is 0 Å². The Balaban J connectivity index is 0.00000288. The van der Waals surface area contributed by atoms with E-state index >= 15 is 0 Å². The largest absolute Gasteiger partial charge is 0.379 e. The summed E-state index contributed by atoms with van der Waals surface area (Å²) >= 11 is 0. The van der Waals surface area contributed by atoms with E-state index in [2.05, 4.69) is 65.6 Å². The summed E-state index contributed by atoms with van der Waals surface area (Å²) in [6.45, 7) is 11.9. The SMILES string of the molecule is CN=C(NCc1ccccc1C)NCC(C)(C)N1CCOCC1.I. The minimum absolute atomic E-state index is 0. The predicted molar refractivity (Wildman–Crippen MR) is 111 cm³/mol. The summed E-state index contributed by atoms with van der Waals surface area (Å²) in [4.78, 5) is 6.80. The summed E-state index contributed by atoms with van der Waals surface area (Å²) in [6.07, 6.45) is 0. The second-order valence-electron chi connectivity index (χ2n) is 6.62. The van der Waals surface area contributed by atoms with Gasteiger partial charge < -0.3 is 15.4 Å². The Labute approximate surface area is 163 Å². The highest BCUT2D eigenvalue weighted by Gasteiger charge is 2.28. The summed E-state index contributed by atoms with van der Waals surface area (Å²) in [5.41, 5.74) is 2.66. The fraction of sp³-hybridized carbons (Fsp3) is 0.611. The molecule has 1 aliphatic rings. The van der Waals surface area contributed by atoms with Gasteiger partial charge in [-0.25, -0.2) is 0 Å². The van der Waals surface area contributed by atoms with Crippen LogP contribution in [-0.4, -0.2) is 56.3 Å². The third kappa shape index (κ3) is 6.22. The molecular formula is C18H31IN4O. The van der Waals surface area contributed by atoms with Crippen molar-refractivity contribution < 1.29 is 4.74 Å². The zero-order valence-electron chi connectivity index (χ0n) is 15.3. The van der Waals surface area contributed by atoms with Crippen LogP contribution in [0.2, 0.25) is 0 Å². The number of hydrogen-bond donors (Lipinski definition) is 2. The van der Waals surface area contributed by atoms with E-state index in [9.17, 15) is 0 Å². The first-order valence-electron chi connectivity index (χ1n) is 8.35. The van der Waals surface area contributed by atoms with E-state index in [4.69, 9.17) is 4.74 Å². The molecule has 0 amide bonds. The Morgan fingerprint density at radius 1 is 1.21 bits per heavy atom. The topological polar surface area (TPSA) is 48.9 Å². The number of aryl methyl sites for hydroxylation is 1. The Kier molecular flexibility index (Phi) is 9.01. The molecule has 1 saturated heterocycles. The van der Waals surface area contributed by atoms with E-state index < -0.39 is 0 Å². The molecule has 6 heteroatoms. The van der Waals surface area contributed by atoms with E-state index in [-0.39, 0.29) is 29.5 Å². The normalized spacial score (nSPS) is 16.4.